The number of thioether (sulfide) groups is 1. The van der Waals surface area contributed by atoms with E-state index >= 15 is 0 Å². The van der Waals surface area contributed by atoms with Crippen LogP contribution in [-0.2, 0) is 4.74 Å². The van der Waals surface area contributed by atoms with E-state index in [-0.39, 0.29) is 6.04 Å². The highest BCUT2D eigenvalue weighted by Gasteiger charge is 2.21. The largest absolute Gasteiger partial charge is 0.444 e. The van der Waals surface area contributed by atoms with E-state index in [1.807, 2.05) is 20.8 Å². The molecule has 19 heavy (non-hydrogen) atoms. The Balaban J connectivity index is 2.51. The Morgan fingerprint density at radius 1 is 1.47 bits per heavy atom. The Hall–Kier alpha value is -1.24. The van der Waals surface area contributed by atoms with Gasteiger partial charge in [0.05, 0.1) is 0 Å². The van der Waals surface area contributed by atoms with Crippen molar-refractivity contribution < 1.29 is 13.9 Å². The summed E-state index contributed by atoms with van der Waals surface area (Å²) < 4.78 is 10.6. The maximum absolute atomic E-state index is 11.6. The van der Waals surface area contributed by atoms with E-state index < -0.39 is 11.7 Å². The molecular formula is C12H21N3O3S. The van der Waals surface area contributed by atoms with Gasteiger partial charge in [0.15, 0.2) is 0 Å². The summed E-state index contributed by atoms with van der Waals surface area (Å²) in [5.41, 5.74) is -0.527. The molecule has 1 atom stereocenters. The maximum Gasteiger partial charge on any atom is 0.408 e. The summed E-state index contributed by atoms with van der Waals surface area (Å²) in [6, 6.07) is -0.377. The van der Waals surface area contributed by atoms with E-state index in [4.69, 9.17) is 9.15 Å². The molecule has 0 saturated carbocycles. The predicted molar refractivity (Wildman–Crippen MR) is 73.1 cm³/mol. The summed E-state index contributed by atoms with van der Waals surface area (Å²) in [6.07, 6.45) is 0.537. The van der Waals surface area contributed by atoms with E-state index in [1.54, 1.807) is 6.92 Å². The van der Waals surface area contributed by atoms with Crippen molar-refractivity contribution in [2.24, 2.45) is 0 Å². The number of aromatic nitrogens is 2. The zero-order chi connectivity index (χ0) is 14.5. The first-order valence-electron chi connectivity index (χ1n) is 6.27. The fourth-order valence-electron chi connectivity index (χ4n) is 1.19. The number of carbonyl (C=O) groups is 1. The second-order valence-corrected chi connectivity index (χ2v) is 6.17. The number of nitrogens with zero attached hydrogens (tertiary/aromatic N) is 2. The van der Waals surface area contributed by atoms with Gasteiger partial charge in [-0.25, -0.2) is 4.79 Å². The van der Waals surface area contributed by atoms with E-state index in [9.17, 15) is 4.79 Å². The zero-order valence-electron chi connectivity index (χ0n) is 12.0. The molecule has 0 bridgehead atoms. The molecule has 1 heterocycles. The molecule has 0 saturated heterocycles. The van der Waals surface area contributed by atoms with E-state index in [0.717, 1.165) is 12.2 Å². The second kappa shape index (κ2) is 6.79. The van der Waals surface area contributed by atoms with Gasteiger partial charge in [-0.3, -0.25) is 0 Å². The lowest BCUT2D eigenvalue weighted by molar-refractivity contribution is 0.0500. The highest BCUT2D eigenvalue weighted by molar-refractivity contribution is 7.99. The van der Waals surface area contributed by atoms with Gasteiger partial charge in [-0.15, -0.1) is 10.2 Å². The average Bonchev–Trinajstić information content (AvgIpc) is 2.72. The van der Waals surface area contributed by atoms with Gasteiger partial charge in [0.25, 0.3) is 5.22 Å². The van der Waals surface area contributed by atoms with Crippen LogP contribution >= 0.6 is 11.8 Å². The Bertz CT molecular complexity index is 415. The summed E-state index contributed by atoms with van der Waals surface area (Å²) >= 11 is 1.50. The van der Waals surface area contributed by atoms with E-state index in [0.29, 0.717) is 11.1 Å². The number of amides is 1. The Labute approximate surface area is 117 Å². The SMILES string of the molecule is CCCSc1nnc(C(C)NC(=O)OC(C)(C)C)o1. The van der Waals surface area contributed by atoms with Gasteiger partial charge >= 0.3 is 6.09 Å². The Morgan fingerprint density at radius 2 is 2.16 bits per heavy atom. The van der Waals surface area contributed by atoms with Crippen LogP contribution in [0.4, 0.5) is 4.79 Å². The average molecular weight is 287 g/mol. The quantitative estimate of drug-likeness (QED) is 0.838. The topological polar surface area (TPSA) is 77.2 Å². The molecule has 1 aromatic heterocycles. The molecule has 0 aromatic carbocycles. The van der Waals surface area contributed by atoms with Crippen LogP contribution < -0.4 is 5.32 Å². The molecule has 0 aliphatic rings. The third-order valence-electron chi connectivity index (χ3n) is 1.96. The smallest absolute Gasteiger partial charge is 0.408 e. The Kier molecular flexibility index (Phi) is 5.65. The number of ether oxygens (including phenoxy) is 1. The van der Waals surface area contributed by atoms with Gasteiger partial charge in [-0.05, 0) is 34.1 Å². The van der Waals surface area contributed by atoms with Gasteiger partial charge in [0.2, 0.25) is 5.89 Å². The fraction of sp³-hybridized carbons (Fsp3) is 0.750. The molecule has 1 rings (SSSR count). The summed E-state index contributed by atoms with van der Waals surface area (Å²) in [5, 5.41) is 11.0. The molecule has 0 aliphatic heterocycles. The van der Waals surface area contributed by atoms with Crippen LogP contribution in [0.2, 0.25) is 0 Å². The lowest BCUT2D eigenvalue weighted by Gasteiger charge is -2.20. The maximum atomic E-state index is 11.6. The zero-order valence-corrected chi connectivity index (χ0v) is 12.8. The molecule has 1 N–H and O–H groups in total. The van der Waals surface area contributed by atoms with Crippen LogP contribution in [-0.4, -0.2) is 27.6 Å². The van der Waals surface area contributed by atoms with Gasteiger partial charge in [-0.2, -0.15) is 0 Å². The van der Waals surface area contributed by atoms with Gasteiger partial charge in [0.1, 0.15) is 11.6 Å². The number of hydrogen-bond acceptors (Lipinski definition) is 6. The molecule has 0 aliphatic carbocycles. The molecule has 1 unspecified atom stereocenters. The van der Waals surface area contributed by atoms with Crippen LogP contribution in [0, 0.1) is 0 Å². The monoisotopic (exact) mass is 287 g/mol. The third kappa shape index (κ3) is 5.96. The number of hydrogen-bond donors (Lipinski definition) is 1. The predicted octanol–water partition coefficient (Wildman–Crippen LogP) is 3.16. The molecular weight excluding hydrogens is 266 g/mol. The second-order valence-electron chi connectivity index (χ2n) is 5.12. The van der Waals surface area contributed by atoms with Crippen LogP contribution in [0.25, 0.3) is 0 Å². The molecule has 1 amide bonds. The number of rotatable bonds is 5. The van der Waals surface area contributed by atoms with E-state index in [1.165, 1.54) is 11.8 Å². The normalized spacial score (nSPS) is 13.1. The third-order valence-corrected chi connectivity index (χ3v) is 2.98. The van der Waals surface area contributed by atoms with Crippen molar-refractivity contribution in [3.8, 4) is 0 Å². The fourth-order valence-corrected chi connectivity index (χ4v) is 1.81. The Morgan fingerprint density at radius 3 is 2.74 bits per heavy atom. The van der Waals surface area contributed by atoms with Crippen LogP contribution in [0.3, 0.4) is 0 Å². The highest BCUT2D eigenvalue weighted by Crippen LogP contribution is 2.20. The molecule has 6 nitrogen and oxygen atoms in total. The number of nitrogens with one attached hydrogen (secondary N) is 1. The first kappa shape index (κ1) is 15.8. The summed E-state index contributed by atoms with van der Waals surface area (Å²) in [6.45, 7) is 9.28. The number of carbonyl (C=O) groups excluding carboxylic acids is 1. The number of alkyl carbamates (subject to hydrolysis) is 1. The van der Waals surface area contributed by atoms with Crippen molar-refractivity contribution in [2.75, 3.05) is 5.75 Å². The summed E-state index contributed by atoms with van der Waals surface area (Å²) in [5.74, 6) is 1.31. The summed E-state index contributed by atoms with van der Waals surface area (Å²) in [7, 11) is 0. The van der Waals surface area contributed by atoms with Crippen molar-refractivity contribution in [3.63, 3.8) is 0 Å². The lowest BCUT2D eigenvalue weighted by Crippen LogP contribution is -2.34. The first-order valence-corrected chi connectivity index (χ1v) is 7.26. The van der Waals surface area contributed by atoms with Crippen LogP contribution in [0.15, 0.2) is 9.64 Å². The molecule has 1 aromatic rings. The first-order chi connectivity index (χ1) is 8.81. The minimum atomic E-state index is -0.527. The van der Waals surface area contributed by atoms with Crippen LogP contribution in [0.5, 0.6) is 0 Å². The van der Waals surface area contributed by atoms with Crippen LogP contribution in [0.1, 0.15) is 53.0 Å². The summed E-state index contributed by atoms with van der Waals surface area (Å²) in [4.78, 5) is 11.6. The van der Waals surface area contributed by atoms with Crippen molar-refractivity contribution in [3.05, 3.63) is 5.89 Å². The lowest BCUT2D eigenvalue weighted by atomic mass is 10.2. The minimum Gasteiger partial charge on any atom is -0.444 e. The van der Waals surface area contributed by atoms with Crippen molar-refractivity contribution >= 4 is 17.9 Å². The molecule has 0 radical (unpaired) electrons. The van der Waals surface area contributed by atoms with Gasteiger partial charge < -0.3 is 14.5 Å². The molecule has 0 spiro atoms. The molecule has 7 heteroatoms. The molecule has 0 fully saturated rings. The van der Waals surface area contributed by atoms with E-state index in [2.05, 4.69) is 22.4 Å². The molecule has 108 valence electrons. The minimum absolute atomic E-state index is 0.377. The van der Waals surface area contributed by atoms with Crippen molar-refractivity contribution in [1.82, 2.24) is 15.5 Å². The van der Waals surface area contributed by atoms with Gasteiger partial charge in [-0.1, -0.05) is 18.7 Å². The van der Waals surface area contributed by atoms with Gasteiger partial charge in [0, 0.05) is 5.75 Å². The standard InChI is InChI=1S/C12H21N3O3S/c1-6-7-19-11-15-14-9(17-11)8(2)13-10(16)18-12(3,4)5/h8H,6-7H2,1-5H3,(H,13,16). The van der Waals surface area contributed by atoms with Crippen molar-refractivity contribution in [2.45, 2.75) is 57.9 Å². The van der Waals surface area contributed by atoms with Crippen molar-refractivity contribution in [1.29, 1.82) is 0 Å². The highest BCUT2D eigenvalue weighted by atomic mass is 32.2.